The molecule has 1 rings (SSSR count). The van der Waals surface area contributed by atoms with Gasteiger partial charge in [-0.2, -0.15) is 13.2 Å². The van der Waals surface area contributed by atoms with Crippen LogP contribution in [0.4, 0.5) is 13.2 Å². The average Bonchev–Trinajstić information content (AvgIpc) is 2.28. The number of hydrogen-bond acceptors (Lipinski definition) is 3. The van der Waals surface area contributed by atoms with Gasteiger partial charge in [-0.1, -0.05) is 0 Å². The number of alkyl halides is 3. The molecule has 0 bridgehead atoms. The highest BCUT2D eigenvalue weighted by Gasteiger charge is 2.41. The maximum atomic E-state index is 12.1. The highest BCUT2D eigenvalue weighted by molar-refractivity contribution is 4.79. The SMILES string of the molecule is CC1(C)OCC(CC(N)C(F)(F)F)O1. The molecule has 1 fully saturated rings. The zero-order chi connectivity index (χ0) is 11.0. The number of hydrogen-bond donors (Lipinski definition) is 1. The van der Waals surface area contributed by atoms with Crippen LogP contribution in [0.3, 0.4) is 0 Å². The Bertz CT molecular complexity index is 205. The summed E-state index contributed by atoms with van der Waals surface area (Å²) in [6.07, 6.45) is -5.19. The fourth-order valence-electron chi connectivity index (χ4n) is 1.30. The van der Waals surface area contributed by atoms with Crippen LogP contribution in [-0.4, -0.2) is 30.7 Å². The monoisotopic (exact) mass is 213 g/mol. The van der Waals surface area contributed by atoms with Crippen molar-refractivity contribution in [3.63, 3.8) is 0 Å². The highest BCUT2D eigenvalue weighted by Crippen LogP contribution is 2.28. The van der Waals surface area contributed by atoms with E-state index in [0.717, 1.165) is 0 Å². The molecule has 2 atom stereocenters. The van der Waals surface area contributed by atoms with Crippen LogP contribution in [0.5, 0.6) is 0 Å². The first kappa shape index (κ1) is 11.7. The second-order valence-corrected chi connectivity index (χ2v) is 3.83. The number of halogens is 3. The largest absolute Gasteiger partial charge is 0.403 e. The van der Waals surface area contributed by atoms with Crippen molar-refractivity contribution in [3.05, 3.63) is 0 Å². The topological polar surface area (TPSA) is 44.5 Å². The maximum absolute atomic E-state index is 12.1. The smallest absolute Gasteiger partial charge is 0.348 e. The van der Waals surface area contributed by atoms with Gasteiger partial charge in [-0.05, 0) is 20.3 Å². The molecule has 1 saturated heterocycles. The summed E-state index contributed by atoms with van der Waals surface area (Å²) in [7, 11) is 0. The predicted molar refractivity (Wildman–Crippen MR) is 43.6 cm³/mol. The zero-order valence-corrected chi connectivity index (χ0v) is 8.10. The van der Waals surface area contributed by atoms with Gasteiger partial charge in [0.25, 0.3) is 0 Å². The molecule has 84 valence electrons. The normalized spacial score (nSPS) is 29.1. The first-order valence-electron chi connectivity index (χ1n) is 4.35. The van der Waals surface area contributed by atoms with Gasteiger partial charge in [-0.15, -0.1) is 0 Å². The molecule has 14 heavy (non-hydrogen) atoms. The van der Waals surface area contributed by atoms with Crippen LogP contribution in [0.25, 0.3) is 0 Å². The fraction of sp³-hybridized carbons (Fsp3) is 1.00. The van der Waals surface area contributed by atoms with Gasteiger partial charge in [0.2, 0.25) is 0 Å². The second kappa shape index (κ2) is 3.67. The molecule has 1 heterocycles. The van der Waals surface area contributed by atoms with E-state index >= 15 is 0 Å². The van der Waals surface area contributed by atoms with Crippen LogP contribution in [0.2, 0.25) is 0 Å². The van der Waals surface area contributed by atoms with Crippen LogP contribution in [0, 0.1) is 0 Å². The lowest BCUT2D eigenvalue weighted by Crippen LogP contribution is -2.40. The molecule has 0 radical (unpaired) electrons. The molecule has 0 aliphatic carbocycles. The molecule has 0 aromatic heterocycles. The van der Waals surface area contributed by atoms with Gasteiger partial charge in [0, 0.05) is 0 Å². The zero-order valence-electron chi connectivity index (χ0n) is 8.10. The Morgan fingerprint density at radius 1 is 1.50 bits per heavy atom. The fourth-order valence-corrected chi connectivity index (χ4v) is 1.30. The van der Waals surface area contributed by atoms with Crippen LogP contribution in [-0.2, 0) is 9.47 Å². The van der Waals surface area contributed by atoms with Crippen molar-refractivity contribution < 1.29 is 22.6 Å². The van der Waals surface area contributed by atoms with E-state index in [9.17, 15) is 13.2 Å². The summed E-state index contributed by atoms with van der Waals surface area (Å²) in [6, 6.07) is -1.84. The molecule has 0 aromatic carbocycles. The van der Waals surface area contributed by atoms with Crippen molar-refractivity contribution in [2.45, 2.75) is 44.4 Å². The molecular weight excluding hydrogens is 199 g/mol. The highest BCUT2D eigenvalue weighted by atomic mass is 19.4. The van der Waals surface area contributed by atoms with Crippen LogP contribution in [0.1, 0.15) is 20.3 Å². The Hall–Kier alpha value is -0.330. The summed E-state index contributed by atoms with van der Waals surface area (Å²) in [6.45, 7) is 3.48. The van der Waals surface area contributed by atoms with E-state index in [1.54, 1.807) is 13.8 Å². The van der Waals surface area contributed by atoms with Gasteiger partial charge in [-0.25, -0.2) is 0 Å². The van der Waals surface area contributed by atoms with Crippen molar-refractivity contribution in [1.82, 2.24) is 0 Å². The van der Waals surface area contributed by atoms with Gasteiger partial charge >= 0.3 is 6.18 Å². The Morgan fingerprint density at radius 3 is 2.43 bits per heavy atom. The minimum Gasteiger partial charge on any atom is -0.348 e. The van der Waals surface area contributed by atoms with Crippen LogP contribution in [0.15, 0.2) is 0 Å². The number of nitrogens with two attached hydrogens (primary N) is 1. The Labute approximate surface area is 80.4 Å². The van der Waals surface area contributed by atoms with E-state index in [-0.39, 0.29) is 13.0 Å². The summed E-state index contributed by atoms with van der Waals surface area (Å²) < 4.78 is 46.6. The molecule has 1 aliphatic rings. The first-order chi connectivity index (χ1) is 6.21. The summed E-state index contributed by atoms with van der Waals surface area (Å²) in [5, 5.41) is 0. The van der Waals surface area contributed by atoms with Crippen molar-refractivity contribution in [2.24, 2.45) is 5.73 Å². The second-order valence-electron chi connectivity index (χ2n) is 3.83. The van der Waals surface area contributed by atoms with Crippen molar-refractivity contribution >= 4 is 0 Å². The first-order valence-corrected chi connectivity index (χ1v) is 4.35. The molecule has 0 saturated carbocycles. The lowest BCUT2D eigenvalue weighted by atomic mass is 10.1. The molecule has 2 unspecified atom stereocenters. The quantitative estimate of drug-likeness (QED) is 0.754. The van der Waals surface area contributed by atoms with E-state index < -0.39 is 24.1 Å². The molecular formula is C8H14F3NO2. The van der Waals surface area contributed by atoms with Gasteiger partial charge in [0.1, 0.15) is 6.04 Å². The van der Waals surface area contributed by atoms with E-state index in [0.29, 0.717) is 0 Å². The lowest BCUT2D eigenvalue weighted by molar-refractivity contribution is -0.165. The number of rotatable bonds is 2. The molecule has 3 nitrogen and oxygen atoms in total. The third-order valence-corrected chi connectivity index (χ3v) is 2.00. The third kappa shape index (κ3) is 3.11. The van der Waals surface area contributed by atoms with Crippen LogP contribution < -0.4 is 5.73 Å². The third-order valence-electron chi connectivity index (χ3n) is 2.00. The standard InChI is InChI=1S/C8H14F3NO2/c1-7(2)13-4-5(14-7)3-6(12)8(9,10)11/h5-6H,3-4,12H2,1-2H3. The predicted octanol–water partition coefficient (Wildman–Crippen LogP) is 1.42. The van der Waals surface area contributed by atoms with Gasteiger partial charge in [0.05, 0.1) is 12.7 Å². The molecule has 2 N–H and O–H groups in total. The average molecular weight is 213 g/mol. The Balaban J connectivity index is 2.40. The van der Waals surface area contributed by atoms with E-state index in [2.05, 4.69) is 0 Å². The van der Waals surface area contributed by atoms with Gasteiger partial charge in [-0.3, -0.25) is 0 Å². The van der Waals surface area contributed by atoms with Crippen LogP contribution >= 0.6 is 0 Å². The molecule has 0 spiro atoms. The van der Waals surface area contributed by atoms with Crippen molar-refractivity contribution in [1.29, 1.82) is 0 Å². The summed E-state index contributed by atoms with van der Waals surface area (Å²) >= 11 is 0. The minimum absolute atomic E-state index is 0.163. The lowest BCUT2D eigenvalue weighted by Gasteiger charge is -2.20. The van der Waals surface area contributed by atoms with Gasteiger partial charge in [0.15, 0.2) is 5.79 Å². The Kier molecular flexibility index (Phi) is 3.08. The van der Waals surface area contributed by atoms with Crippen molar-refractivity contribution in [2.75, 3.05) is 6.61 Å². The van der Waals surface area contributed by atoms with E-state index in [1.165, 1.54) is 0 Å². The summed E-state index contributed by atoms with van der Waals surface area (Å²) in [5.74, 6) is -0.796. The molecule has 0 amide bonds. The van der Waals surface area contributed by atoms with E-state index in [4.69, 9.17) is 15.2 Å². The maximum Gasteiger partial charge on any atom is 0.403 e. The van der Waals surface area contributed by atoms with Gasteiger partial charge < -0.3 is 15.2 Å². The van der Waals surface area contributed by atoms with Crippen molar-refractivity contribution in [3.8, 4) is 0 Å². The molecule has 6 heteroatoms. The minimum atomic E-state index is -4.36. The van der Waals surface area contributed by atoms with E-state index in [1.807, 2.05) is 0 Å². The summed E-state index contributed by atoms with van der Waals surface area (Å²) in [5.41, 5.74) is 4.96. The number of ether oxygens (including phenoxy) is 2. The Morgan fingerprint density at radius 2 is 2.07 bits per heavy atom. The molecule has 0 aromatic rings. The summed E-state index contributed by atoms with van der Waals surface area (Å²) in [4.78, 5) is 0. The molecule has 1 aliphatic heterocycles.